The van der Waals surface area contributed by atoms with Gasteiger partial charge in [-0.15, -0.1) is 0 Å². The summed E-state index contributed by atoms with van der Waals surface area (Å²) in [7, 11) is 0. The molecule has 0 aliphatic rings. The summed E-state index contributed by atoms with van der Waals surface area (Å²) in [6, 6.07) is 11.5. The zero-order valence-electron chi connectivity index (χ0n) is 8.94. The second-order valence-corrected chi connectivity index (χ2v) is 3.47. The van der Waals surface area contributed by atoms with Gasteiger partial charge < -0.3 is 5.32 Å². The maximum Gasteiger partial charge on any atom is 0.101 e. The van der Waals surface area contributed by atoms with Crippen LogP contribution in [0.4, 0.5) is 11.4 Å². The lowest BCUT2D eigenvalue weighted by atomic mass is 10.2. The van der Waals surface area contributed by atoms with Gasteiger partial charge in [-0.25, -0.2) is 0 Å². The van der Waals surface area contributed by atoms with Gasteiger partial charge in [-0.2, -0.15) is 5.26 Å². The second kappa shape index (κ2) is 4.45. The Balaban J connectivity index is 2.35. The normalized spacial score (nSPS) is 9.50. The molecule has 0 bridgehead atoms. The molecule has 1 aromatic heterocycles. The van der Waals surface area contributed by atoms with Crippen LogP contribution in [0.5, 0.6) is 0 Å². The quantitative estimate of drug-likeness (QED) is 0.827. The Labute approximate surface area is 94.4 Å². The van der Waals surface area contributed by atoms with E-state index in [2.05, 4.69) is 16.4 Å². The maximum atomic E-state index is 8.96. The zero-order valence-corrected chi connectivity index (χ0v) is 8.94. The molecule has 0 aliphatic heterocycles. The van der Waals surface area contributed by atoms with Crippen molar-refractivity contribution in [3.63, 3.8) is 0 Å². The number of para-hydroxylation sites is 1. The van der Waals surface area contributed by atoms with E-state index >= 15 is 0 Å². The Kier molecular flexibility index (Phi) is 2.84. The molecule has 3 heteroatoms. The molecule has 0 amide bonds. The molecular weight excluding hydrogens is 198 g/mol. The molecule has 0 saturated carbocycles. The first-order chi connectivity index (χ1) is 7.81. The highest BCUT2D eigenvalue weighted by atomic mass is 14.9. The highest BCUT2D eigenvalue weighted by molar-refractivity contribution is 5.67. The van der Waals surface area contributed by atoms with E-state index in [4.69, 9.17) is 5.26 Å². The Morgan fingerprint density at radius 2 is 2.00 bits per heavy atom. The van der Waals surface area contributed by atoms with Crippen LogP contribution in [0.2, 0.25) is 0 Å². The minimum Gasteiger partial charge on any atom is -0.353 e. The summed E-state index contributed by atoms with van der Waals surface area (Å²) in [6.07, 6.45) is 3.50. The van der Waals surface area contributed by atoms with E-state index in [-0.39, 0.29) is 0 Å². The molecule has 16 heavy (non-hydrogen) atoms. The number of aromatic nitrogens is 1. The molecule has 0 saturated heterocycles. The van der Waals surface area contributed by atoms with Gasteiger partial charge in [0.1, 0.15) is 6.07 Å². The van der Waals surface area contributed by atoms with E-state index in [1.54, 1.807) is 18.5 Å². The molecule has 1 heterocycles. The van der Waals surface area contributed by atoms with Crippen molar-refractivity contribution < 1.29 is 0 Å². The Hall–Kier alpha value is -2.34. The summed E-state index contributed by atoms with van der Waals surface area (Å²) < 4.78 is 0. The average Bonchev–Trinajstić information content (AvgIpc) is 2.33. The fourth-order valence-electron chi connectivity index (χ4n) is 1.43. The molecule has 78 valence electrons. The first-order valence-corrected chi connectivity index (χ1v) is 4.98. The Morgan fingerprint density at radius 3 is 2.75 bits per heavy atom. The van der Waals surface area contributed by atoms with E-state index in [1.165, 1.54) is 0 Å². The number of pyridine rings is 1. The third kappa shape index (κ3) is 2.01. The Morgan fingerprint density at radius 1 is 1.19 bits per heavy atom. The summed E-state index contributed by atoms with van der Waals surface area (Å²) in [4.78, 5) is 4.05. The van der Waals surface area contributed by atoms with E-state index in [9.17, 15) is 0 Å². The minimum atomic E-state index is 0.630. The van der Waals surface area contributed by atoms with Crippen LogP contribution in [0, 0.1) is 18.3 Å². The van der Waals surface area contributed by atoms with Gasteiger partial charge in [-0.3, -0.25) is 4.98 Å². The summed E-state index contributed by atoms with van der Waals surface area (Å²) >= 11 is 0. The van der Waals surface area contributed by atoms with E-state index in [1.807, 2.05) is 31.2 Å². The number of nitrogens with one attached hydrogen (secondary N) is 1. The molecule has 0 spiro atoms. The van der Waals surface area contributed by atoms with Crippen LogP contribution < -0.4 is 5.32 Å². The highest BCUT2D eigenvalue weighted by Crippen LogP contribution is 2.21. The SMILES string of the molecule is Cc1ccncc1Nc1ccccc1C#N. The molecule has 2 rings (SSSR count). The summed E-state index contributed by atoms with van der Waals surface area (Å²) in [5.74, 6) is 0. The molecule has 0 fully saturated rings. The van der Waals surface area contributed by atoms with Crippen molar-refractivity contribution in [2.75, 3.05) is 5.32 Å². The number of rotatable bonds is 2. The van der Waals surface area contributed by atoms with Crippen molar-refractivity contribution in [3.8, 4) is 6.07 Å². The number of hydrogen-bond acceptors (Lipinski definition) is 3. The van der Waals surface area contributed by atoms with Gasteiger partial charge in [0.25, 0.3) is 0 Å². The van der Waals surface area contributed by atoms with Crippen LogP contribution in [-0.2, 0) is 0 Å². The minimum absolute atomic E-state index is 0.630. The summed E-state index contributed by atoms with van der Waals surface area (Å²) in [5, 5.41) is 12.2. The zero-order chi connectivity index (χ0) is 11.4. The van der Waals surface area contributed by atoms with Gasteiger partial charge in [-0.1, -0.05) is 12.1 Å². The molecule has 3 nitrogen and oxygen atoms in total. The van der Waals surface area contributed by atoms with Gasteiger partial charge in [0.05, 0.1) is 23.1 Å². The van der Waals surface area contributed by atoms with Crippen molar-refractivity contribution in [2.45, 2.75) is 6.92 Å². The van der Waals surface area contributed by atoms with Gasteiger partial charge >= 0.3 is 0 Å². The monoisotopic (exact) mass is 209 g/mol. The lowest BCUT2D eigenvalue weighted by Gasteiger charge is -2.09. The first kappa shape index (κ1) is 10.2. The molecule has 1 N–H and O–H groups in total. The van der Waals surface area contributed by atoms with Crippen LogP contribution in [0.25, 0.3) is 0 Å². The van der Waals surface area contributed by atoms with Crippen LogP contribution in [0.15, 0.2) is 42.7 Å². The van der Waals surface area contributed by atoms with E-state index in [0.717, 1.165) is 16.9 Å². The number of nitrogens with zero attached hydrogens (tertiary/aromatic N) is 2. The van der Waals surface area contributed by atoms with Crippen LogP contribution >= 0.6 is 0 Å². The third-order valence-electron chi connectivity index (χ3n) is 2.36. The fourth-order valence-corrected chi connectivity index (χ4v) is 1.43. The number of benzene rings is 1. The van der Waals surface area contributed by atoms with Crippen LogP contribution in [-0.4, -0.2) is 4.98 Å². The smallest absolute Gasteiger partial charge is 0.101 e. The van der Waals surface area contributed by atoms with Gasteiger partial charge in [-0.05, 0) is 30.7 Å². The van der Waals surface area contributed by atoms with Crippen molar-refractivity contribution in [1.82, 2.24) is 4.98 Å². The highest BCUT2D eigenvalue weighted by Gasteiger charge is 2.02. The Bertz CT molecular complexity index is 541. The van der Waals surface area contributed by atoms with Gasteiger partial charge in [0.15, 0.2) is 0 Å². The standard InChI is InChI=1S/C13H11N3/c1-10-6-7-15-9-13(10)16-12-5-3-2-4-11(12)8-14/h2-7,9,16H,1H3. The lowest BCUT2D eigenvalue weighted by Crippen LogP contribution is -1.95. The predicted molar refractivity (Wildman–Crippen MR) is 63.4 cm³/mol. The van der Waals surface area contributed by atoms with Gasteiger partial charge in [0.2, 0.25) is 0 Å². The van der Waals surface area contributed by atoms with E-state index in [0.29, 0.717) is 5.56 Å². The predicted octanol–water partition coefficient (Wildman–Crippen LogP) is 3.01. The number of anilines is 2. The molecule has 0 atom stereocenters. The molecule has 1 aromatic carbocycles. The second-order valence-electron chi connectivity index (χ2n) is 3.47. The topological polar surface area (TPSA) is 48.7 Å². The number of hydrogen-bond donors (Lipinski definition) is 1. The molecule has 0 radical (unpaired) electrons. The van der Waals surface area contributed by atoms with Crippen molar-refractivity contribution in [1.29, 1.82) is 5.26 Å². The molecule has 2 aromatic rings. The molecular formula is C13H11N3. The molecule has 0 unspecified atom stereocenters. The lowest BCUT2D eigenvalue weighted by molar-refractivity contribution is 1.28. The van der Waals surface area contributed by atoms with E-state index < -0.39 is 0 Å². The van der Waals surface area contributed by atoms with Crippen molar-refractivity contribution in [3.05, 3.63) is 53.9 Å². The molecule has 0 aliphatic carbocycles. The number of aryl methyl sites for hydroxylation is 1. The maximum absolute atomic E-state index is 8.96. The van der Waals surface area contributed by atoms with Crippen LogP contribution in [0.3, 0.4) is 0 Å². The van der Waals surface area contributed by atoms with Crippen molar-refractivity contribution >= 4 is 11.4 Å². The number of nitriles is 1. The fraction of sp³-hybridized carbons (Fsp3) is 0.0769. The van der Waals surface area contributed by atoms with Gasteiger partial charge in [0, 0.05) is 6.20 Å². The van der Waals surface area contributed by atoms with Crippen LogP contribution in [0.1, 0.15) is 11.1 Å². The van der Waals surface area contributed by atoms with Crippen molar-refractivity contribution in [2.24, 2.45) is 0 Å². The summed E-state index contributed by atoms with van der Waals surface area (Å²) in [5.41, 5.74) is 3.46. The largest absolute Gasteiger partial charge is 0.353 e. The third-order valence-corrected chi connectivity index (χ3v) is 2.36. The average molecular weight is 209 g/mol. The summed E-state index contributed by atoms with van der Waals surface area (Å²) in [6.45, 7) is 2.00. The first-order valence-electron chi connectivity index (χ1n) is 4.98.